The van der Waals surface area contributed by atoms with E-state index in [0.29, 0.717) is 23.0 Å². The number of aromatic nitrogens is 2. The quantitative estimate of drug-likeness (QED) is 0.580. The first-order valence-electron chi connectivity index (χ1n) is 9.71. The maximum Gasteiger partial charge on any atom is 0.249 e. The van der Waals surface area contributed by atoms with E-state index in [1.807, 2.05) is 73.6 Å². The van der Waals surface area contributed by atoms with E-state index in [1.54, 1.807) is 6.92 Å². The van der Waals surface area contributed by atoms with Gasteiger partial charge in [-0.15, -0.1) is 10.2 Å². The van der Waals surface area contributed by atoms with Crippen molar-refractivity contribution in [3.8, 4) is 10.6 Å². The fourth-order valence-electron chi connectivity index (χ4n) is 2.84. The Bertz CT molecular complexity index is 986. The zero-order valence-electron chi connectivity index (χ0n) is 17.3. The molecular weight excluding hydrogens is 398 g/mol. The van der Waals surface area contributed by atoms with Crippen molar-refractivity contribution in [2.75, 3.05) is 24.3 Å². The summed E-state index contributed by atoms with van der Waals surface area (Å²) in [6.45, 7) is 1.76. The normalized spacial score (nSPS) is 11.6. The Labute approximate surface area is 180 Å². The van der Waals surface area contributed by atoms with Crippen molar-refractivity contribution in [3.05, 3.63) is 60.2 Å². The molecule has 3 aromatic rings. The van der Waals surface area contributed by atoms with E-state index >= 15 is 0 Å². The molecular formula is C22H25N5O2S. The molecule has 8 heteroatoms. The van der Waals surface area contributed by atoms with Crippen LogP contribution in [0, 0.1) is 0 Å². The molecule has 0 saturated carbocycles. The van der Waals surface area contributed by atoms with Crippen molar-refractivity contribution in [3.63, 3.8) is 0 Å². The number of hydrogen-bond donors (Lipinski definition) is 2. The van der Waals surface area contributed by atoms with E-state index in [0.717, 1.165) is 16.8 Å². The molecule has 1 heterocycles. The van der Waals surface area contributed by atoms with Crippen LogP contribution in [0.2, 0.25) is 0 Å². The topological polar surface area (TPSA) is 87.2 Å². The second-order valence-electron chi connectivity index (χ2n) is 7.01. The molecule has 1 unspecified atom stereocenters. The van der Waals surface area contributed by atoms with Gasteiger partial charge in [0.25, 0.3) is 0 Å². The van der Waals surface area contributed by atoms with E-state index in [4.69, 9.17) is 0 Å². The van der Waals surface area contributed by atoms with Crippen molar-refractivity contribution in [2.45, 2.75) is 25.8 Å². The molecule has 156 valence electrons. The third-order valence-corrected chi connectivity index (χ3v) is 5.43. The van der Waals surface area contributed by atoms with Gasteiger partial charge in [-0.05, 0) is 29.8 Å². The maximum absolute atomic E-state index is 12.8. The highest BCUT2D eigenvalue weighted by Gasteiger charge is 2.22. The molecule has 0 aliphatic rings. The predicted octanol–water partition coefficient (Wildman–Crippen LogP) is 3.35. The molecule has 2 N–H and O–H groups in total. The van der Waals surface area contributed by atoms with E-state index in [-0.39, 0.29) is 11.8 Å². The van der Waals surface area contributed by atoms with E-state index in [2.05, 4.69) is 20.8 Å². The number of nitrogens with one attached hydrogen (secondary N) is 2. The second kappa shape index (κ2) is 9.98. The van der Waals surface area contributed by atoms with E-state index < -0.39 is 6.04 Å². The fraction of sp³-hybridized carbons (Fsp3) is 0.273. The van der Waals surface area contributed by atoms with Crippen molar-refractivity contribution in [1.29, 1.82) is 0 Å². The van der Waals surface area contributed by atoms with Crippen molar-refractivity contribution < 1.29 is 9.59 Å². The Morgan fingerprint density at radius 3 is 2.37 bits per heavy atom. The van der Waals surface area contributed by atoms with E-state index in [1.165, 1.54) is 11.3 Å². The number of anilines is 2. The Hall–Kier alpha value is -3.26. The number of nitrogens with zero attached hydrogens (tertiary/aromatic N) is 3. The SMILES string of the molecule is CCC(=O)NC(Cc1ccccc1)C(=O)Nc1nnc(-c2ccc(N(C)C)cc2)s1. The summed E-state index contributed by atoms with van der Waals surface area (Å²) in [4.78, 5) is 26.8. The molecule has 0 spiro atoms. The molecule has 1 atom stereocenters. The molecule has 30 heavy (non-hydrogen) atoms. The number of carbonyl (C=O) groups excluding carboxylic acids is 2. The van der Waals surface area contributed by atoms with Gasteiger partial charge >= 0.3 is 0 Å². The van der Waals surface area contributed by atoms with Gasteiger partial charge < -0.3 is 10.2 Å². The fourth-order valence-corrected chi connectivity index (χ4v) is 3.59. The van der Waals surface area contributed by atoms with Gasteiger partial charge in [0.2, 0.25) is 16.9 Å². The van der Waals surface area contributed by atoms with Gasteiger partial charge in [-0.3, -0.25) is 14.9 Å². The van der Waals surface area contributed by atoms with Crippen LogP contribution in [0.1, 0.15) is 18.9 Å². The number of rotatable bonds is 8. The van der Waals surface area contributed by atoms with E-state index in [9.17, 15) is 9.59 Å². The van der Waals surface area contributed by atoms with Crippen LogP contribution in [0.5, 0.6) is 0 Å². The lowest BCUT2D eigenvalue weighted by Crippen LogP contribution is -2.45. The Kier molecular flexibility index (Phi) is 7.13. The van der Waals surface area contributed by atoms with Crippen LogP contribution in [-0.4, -0.2) is 42.1 Å². The molecule has 0 aliphatic heterocycles. The Morgan fingerprint density at radius 2 is 1.73 bits per heavy atom. The van der Waals surface area contributed by atoms with Crippen molar-refractivity contribution in [2.24, 2.45) is 0 Å². The summed E-state index contributed by atoms with van der Waals surface area (Å²) < 4.78 is 0. The highest BCUT2D eigenvalue weighted by Crippen LogP contribution is 2.28. The lowest BCUT2D eigenvalue weighted by molar-refractivity contribution is -0.126. The van der Waals surface area contributed by atoms with Crippen molar-refractivity contribution in [1.82, 2.24) is 15.5 Å². The highest BCUT2D eigenvalue weighted by atomic mass is 32.1. The zero-order valence-corrected chi connectivity index (χ0v) is 18.1. The first-order valence-corrected chi connectivity index (χ1v) is 10.5. The highest BCUT2D eigenvalue weighted by molar-refractivity contribution is 7.18. The van der Waals surface area contributed by atoms with Gasteiger partial charge in [0, 0.05) is 38.2 Å². The minimum Gasteiger partial charge on any atom is -0.378 e. The minimum atomic E-state index is -0.688. The molecule has 0 aliphatic carbocycles. The summed E-state index contributed by atoms with van der Waals surface area (Å²) >= 11 is 1.30. The van der Waals surface area contributed by atoms with Crippen molar-refractivity contribution >= 4 is 34.0 Å². The summed E-state index contributed by atoms with van der Waals surface area (Å²) in [6.07, 6.45) is 0.709. The third kappa shape index (κ3) is 5.64. The molecule has 0 radical (unpaired) electrons. The average Bonchev–Trinajstić information content (AvgIpc) is 3.22. The van der Waals surface area contributed by atoms with Crippen LogP contribution in [0.3, 0.4) is 0 Å². The Balaban J connectivity index is 1.71. The molecule has 2 amide bonds. The van der Waals surface area contributed by atoms with Gasteiger partial charge in [0.05, 0.1) is 0 Å². The van der Waals surface area contributed by atoms with Gasteiger partial charge in [-0.25, -0.2) is 0 Å². The molecule has 7 nitrogen and oxygen atoms in total. The molecule has 0 saturated heterocycles. The Morgan fingerprint density at radius 1 is 1.03 bits per heavy atom. The maximum atomic E-state index is 12.8. The van der Waals surface area contributed by atoms with Crippen LogP contribution in [0.4, 0.5) is 10.8 Å². The zero-order chi connectivity index (χ0) is 21.5. The number of carbonyl (C=O) groups is 2. The second-order valence-corrected chi connectivity index (χ2v) is 7.98. The summed E-state index contributed by atoms with van der Waals surface area (Å²) in [7, 11) is 3.97. The summed E-state index contributed by atoms with van der Waals surface area (Å²) in [5.41, 5.74) is 2.99. The minimum absolute atomic E-state index is 0.176. The van der Waals surface area contributed by atoms with Gasteiger partial charge in [0.15, 0.2) is 0 Å². The first kappa shape index (κ1) is 21.4. The molecule has 3 rings (SSSR count). The van der Waals surface area contributed by atoms with Crippen LogP contribution in [0.15, 0.2) is 54.6 Å². The third-order valence-electron chi connectivity index (χ3n) is 4.54. The van der Waals surface area contributed by atoms with Crippen LogP contribution >= 0.6 is 11.3 Å². The largest absolute Gasteiger partial charge is 0.378 e. The summed E-state index contributed by atoms with van der Waals surface area (Å²) in [6, 6.07) is 16.9. The average molecular weight is 424 g/mol. The lowest BCUT2D eigenvalue weighted by atomic mass is 10.1. The number of amides is 2. The van der Waals surface area contributed by atoms with Gasteiger partial charge in [-0.1, -0.05) is 48.6 Å². The first-order chi connectivity index (χ1) is 14.5. The smallest absolute Gasteiger partial charge is 0.249 e. The monoisotopic (exact) mass is 423 g/mol. The summed E-state index contributed by atoms with van der Waals surface area (Å²) in [5, 5.41) is 15.0. The van der Waals surface area contributed by atoms with Crippen LogP contribution in [0.25, 0.3) is 10.6 Å². The number of hydrogen-bond acceptors (Lipinski definition) is 6. The lowest BCUT2D eigenvalue weighted by Gasteiger charge is -2.17. The molecule has 0 fully saturated rings. The van der Waals surface area contributed by atoms with Gasteiger partial charge in [-0.2, -0.15) is 0 Å². The van der Waals surface area contributed by atoms with Crippen LogP contribution < -0.4 is 15.5 Å². The van der Waals surface area contributed by atoms with Gasteiger partial charge in [0.1, 0.15) is 11.0 Å². The summed E-state index contributed by atoms with van der Waals surface area (Å²) in [5.74, 6) is -0.490. The van der Waals surface area contributed by atoms with Crippen LogP contribution in [-0.2, 0) is 16.0 Å². The molecule has 2 aromatic carbocycles. The standard InChI is InChI=1S/C22H25N5O2S/c1-4-19(28)23-18(14-15-8-6-5-7-9-15)20(29)24-22-26-25-21(30-22)16-10-12-17(13-11-16)27(2)3/h5-13,18H,4,14H2,1-3H3,(H,23,28)(H,24,26,29). The molecule has 0 bridgehead atoms. The predicted molar refractivity (Wildman–Crippen MR) is 121 cm³/mol. The molecule has 1 aromatic heterocycles. The number of benzene rings is 2.